The van der Waals surface area contributed by atoms with E-state index in [0.717, 1.165) is 19.4 Å². The molecule has 0 bridgehead atoms. The zero-order chi connectivity index (χ0) is 14.0. The molecule has 0 saturated carbocycles. The topological polar surface area (TPSA) is 32.3 Å². The number of rotatable bonds is 4. The van der Waals surface area contributed by atoms with E-state index in [2.05, 4.69) is 39.4 Å². The van der Waals surface area contributed by atoms with Gasteiger partial charge in [0.05, 0.1) is 6.04 Å². The number of hydrogen-bond acceptors (Lipinski definition) is 2. The molecule has 0 radical (unpaired) electrons. The minimum atomic E-state index is -0.139. The van der Waals surface area contributed by atoms with E-state index in [9.17, 15) is 4.79 Å². The molecule has 0 saturated heterocycles. The standard InChI is InChI=1S/C15H21BrN2O/c1-4-18(3)15(19)10(2)17-14-9-8-11-12(14)6-5-7-13(11)16/h5-7,10,14,17H,4,8-9H2,1-3H3. The molecular weight excluding hydrogens is 304 g/mol. The third kappa shape index (κ3) is 3.00. The van der Waals surface area contributed by atoms with Crippen molar-refractivity contribution in [2.75, 3.05) is 13.6 Å². The second-order valence-electron chi connectivity index (χ2n) is 5.14. The molecule has 2 atom stereocenters. The number of nitrogens with zero attached hydrogens (tertiary/aromatic N) is 1. The fourth-order valence-electron chi connectivity index (χ4n) is 2.64. The van der Waals surface area contributed by atoms with Crippen LogP contribution in [0.4, 0.5) is 0 Å². The van der Waals surface area contributed by atoms with Crippen molar-refractivity contribution in [1.29, 1.82) is 0 Å². The van der Waals surface area contributed by atoms with Gasteiger partial charge in [0.2, 0.25) is 5.91 Å². The van der Waals surface area contributed by atoms with Gasteiger partial charge in [0.25, 0.3) is 0 Å². The molecule has 1 aromatic carbocycles. The highest BCUT2D eigenvalue weighted by molar-refractivity contribution is 9.10. The number of amides is 1. The molecule has 1 amide bonds. The summed E-state index contributed by atoms with van der Waals surface area (Å²) in [6.45, 7) is 4.69. The first-order valence-corrected chi connectivity index (χ1v) is 7.62. The number of likely N-dealkylation sites (N-methyl/N-ethyl adjacent to an activating group) is 1. The summed E-state index contributed by atoms with van der Waals surface area (Å²) in [5.41, 5.74) is 2.71. The maximum Gasteiger partial charge on any atom is 0.239 e. The monoisotopic (exact) mass is 324 g/mol. The minimum Gasteiger partial charge on any atom is -0.345 e. The van der Waals surface area contributed by atoms with Crippen LogP contribution in [0.25, 0.3) is 0 Å². The van der Waals surface area contributed by atoms with Crippen LogP contribution in [-0.4, -0.2) is 30.4 Å². The number of fused-ring (bicyclic) bond motifs is 1. The normalized spacial score (nSPS) is 19.1. The second kappa shape index (κ2) is 6.06. The van der Waals surface area contributed by atoms with E-state index in [4.69, 9.17) is 0 Å². The SMILES string of the molecule is CCN(C)C(=O)C(C)NC1CCc2c(Br)cccc21. The molecule has 1 aromatic rings. The summed E-state index contributed by atoms with van der Waals surface area (Å²) in [5, 5.41) is 3.47. The zero-order valence-corrected chi connectivity index (χ0v) is 13.3. The summed E-state index contributed by atoms with van der Waals surface area (Å²) in [5.74, 6) is 0.158. The Bertz CT molecular complexity index is 475. The quantitative estimate of drug-likeness (QED) is 0.923. The van der Waals surface area contributed by atoms with Crippen LogP contribution in [0.5, 0.6) is 0 Å². The van der Waals surface area contributed by atoms with Gasteiger partial charge in [-0.05, 0) is 43.9 Å². The minimum absolute atomic E-state index is 0.139. The van der Waals surface area contributed by atoms with Gasteiger partial charge in [-0.2, -0.15) is 0 Å². The smallest absolute Gasteiger partial charge is 0.239 e. The summed E-state index contributed by atoms with van der Waals surface area (Å²) in [6, 6.07) is 6.45. The van der Waals surface area contributed by atoms with Gasteiger partial charge < -0.3 is 4.90 Å². The van der Waals surface area contributed by atoms with E-state index in [1.54, 1.807) is 4.90 Å². The molecule has 0 heterocycles. The van der Waals surface area contributed by atoms with E-state index in [1.165, 1.54) is 15.6 Å². The lowest BCUT2D eigenvalue weighted by Gasteiger charge is -2.24. The van der Waals surface area contributed by atoms with E-state index < -0.39 is 0 Å². The van der Waals surface area contributed by atoms with Crippen molar-refractivity contribution in [3.63, 3.8) is 0 Å². The van der Waals surface area contributed by atoms with Crippen molar-refractivity contribution in [2.24, 2.45) is 0 Å². The molecule has 0 spiro atoms. The van der Waals surface area contributed by atoms with Crippen molar-refractivity contribution in [3.05, 3.63) is 33.8 Å². The van der Waals surface area contributed by atoms with Gasteiger partial charge in [-0.25, -0.2) is 0 Å². The molecule has 2 unspecified atom stereocenters. The van der Waals surface area contributed by atoms with E-state index >= 15 is 0 Å². The number of halogens is 1. The summed E-state index contributed by atoms with van der Waals surface area (Å²) in [7, 11) is 1.85. The number of carbonyl (C=O) groups excluding carboxylic acids is 1. The Kier molecular flexibility index (Phi) is 4.63. The van der Waals surface area contributed by atoms with Crippen molar-refractivity contribution in [2.45, 2.75) is 38.8 Å². The molecule has 0 aliphatic heterocycles. The van der Waals surface area contributed by atoms with Crippen molar-refractivity contribution >= 4 is 21.8 Å². The lowest BCUT2D eigenvalue weighted by molar-refractivity contribution is -0.131. The van der Waals surface area contributed by atoms with Gasteiger partial charge in [0.15, 0.2) is 0 Å². The molecule has 0 fully saturated rings. The molecule has 1 aliphatic rings. The Hall–Kier alpha value is -0.870. The van der Waals surface area contributed by atoms with Gasteiger partial charge in [-0.1, -0.05) is 28.1 Å². The van der Waals surface area contributed by atoms with Crippen LogP contribution in [0.3, 0.4) is 0 Å². The first-order chi connectivity index (χ1) is 9.04. The zero-order valence-electron chi connectivity index (χ0n) is 11.7. The molecule has 0 aromatic heterocycles. The number of hydrogen-bond donors (Lipinski definition) is 1. The number of nitrogens with one attached hydrogen (secondary N) is 1. The van der Waals surface area contributed by atoms with Crippen LogP contribution in [0.15, 0.2) is 22.7 Å². The van der Waals surface area contributed by atoms with Crippen molar-refractivity contribution in [3.8, 4) is 0 Å². The fraction of sp³-hybridized carbons (Fsp3) is 0.533. The van der Waals surface area contributed by atoms with Crippen LogP contribution in [0, 0.1) is 0 Å². The second-order valence-corrected chi connectivity index (χ2v) is 5.99. The van der Waals surface area contributed by atoms with Crippen molar-refractivity contribution < 1.29 is 4.79 Å². The summed E-state index contributed by atoms with van der Waals surface area (Å²) in [6.07, 6.45) is 2.13. The van der Waals surface area contributed by atoms with Gasteiger partial charge in [-0.3, -0.25) is 10.1 Å². The van der Waals surface area contributed by atoms with Crippen LogP contribution >= 0.6 is 15.9 Å². The molecule has 2 rings (SSSR count). The van der Waals surface area contributed by atoms with E-state index in [1.807, 2.05) is 20.9 Å². The average molecular weight is 325 g/mol. The average Bonchev–Trinajstić information content (AvgIpc) is 2.81. The fourth-order valence-corrected chi connectivity index (χ4v) is 3.22. The highest BCUT2D eigenvalue weighted by atomic mass is 79.9. The summed E-state index contributed by atoms with van der Waals surface area (Å²) < 4.78 is 1.18. The summed E-state index contributed by atoms with van der Waals surface area (Å²) in [4.78, 5) is 13.9. The summed E-state index contributed by atoms with van der Waals surface area (Å²) >= 11 is 3.60. The lowest BCUT2D eigenvalue weighted by atomic mass is 10.1. The highest BCUT2D eigenvalue weighted by Gasteiger charge is 2.27. The Morgan fingerprint density at radius 1 is 1.58 bits per heavy atom. The Balaban J connectivity index is 2.07. The van der Waals surface area contributed by atoms with Gasteiger partial charge in [0, 0.05) is 24.1 Å². The molecular formula is C15H21BrN2O. The Morgan fingerprint density at radius 2 is 2.32 bits per heavy atom. The van der Waals surface area contributed by atoms with Crippen LogP contribution in [0.1, 0.15) is 37.4 Å². The van der Waals surface area contributed by atoms with Gasteiger partial charge in [0.1, 0.15) is 0 Å². The molecule has 104 valence electrons. The maximum atomic E-state index is 12.1. The molecule has 4 heteroatoms. The largest absolute Gasteiger partial charge is 0.345 e. The maximum absolute atomic E-state index is 12.1. The molecule has 19 heavy (non-hydrogen) atoms. The number of benzene rings is 1. The predicted molar refractivity (Wildman–Crippen MR) is 81.1 cm³/mol. The van der Waals surface area contributed by atoms with Crippen LogP contribution in [0.2, 0.25) is 0 Å². The van der Waals surface area contributed by atoms with Crippen molar-refractivity contribution in [1.82, 2.24) is 10.2 Å². The first kappa shape index (κ1) is 14.5. The van der Waals surface area contributed by atoms with E-state index in [-0.39, 0.29) is 18.0 Å². The third-order valence-electron chi connectivity index (χ3n) is 3.89. The first-order valence-electron chi connectivity index (χ1n) is 6.83. The molecule has 1 N–H and O–H groups in total. The molecule has 3 nitrogen and oxygen atoms in total. The van der Waals surface area contributed by atoms with Crippen LogP contribution in [-0.2, 0) is 11.2 Å². The lowest BCUT2D eigenvalue weighted by Crippen LogP contribution is -2.44. The molecule has 1 aliphatic carbocycles. The van der Waals surface area contributed by atoms with Gasteiger partial charge >= 0.3 is 0 Å². The predicted octanol–water partition coefficient (Wildman–Crippen LogP) is 2.89. The van der Waals surface area contributed by atoms with Crippen LogP contribution < -0.4 is 5.32 Å². The number of carbonyl (C=O) groups is 1. The Labute approximate surface area is 123 Å². The van der Waals surface area contributed by atoms with Gasteiger partial charge in [-0.15, -0.1) is 0 Å². The van der Waals surface area contributed by atoms with E-state index in [0.29, 0.717) is 0 Å². The Morgan fingerprint density at radius 3 is 3.00 bits per heavy atom. The third-order valence-corrected chi connectivity index (χ3v) is 4.63. The highest BCUT2D eigenvalue weighted by Crippen LogP contribution is 2.35.